The number of anilines is 1. The number of benzene rings is 2. The van der Waals surface area contributed by atoms with E-state index in [1.165, 1.54) is 0 Å². The second-order valence-electron chi connectivity index (χ2n) is 7.28. The first-order valence-corrected chi connectivity index (χ1v) is 11.0. The largest absolute Gasteiger partial charge is 0.490 e. The molecular weight excluding hydrogens is 418 g/mol. The van der Waals surface area contributed by atoms with Gasteiger partial charge in [-0.05, 0) is 61.7 Å². The van der Waals surface area contributed by atoms with Gasteiger partial charge in [0.25, 0.3) is 5.91 Å². The number of para-hydroxylation sites is 1. The van der Waals surface area contributed by atoms with Gasteiger partial charge in [0.1, 0.15) is 0 Å². The van der Waals surface area contributed by atoms with Crippen LogP contribution in [0.3, 0.4) is 0 Å². The van der Waals surface area contributed by atoms with Crippen molar-refractivity contribution in [2.45, 2.75) is 33.2 Å². The highest BCUT2D eigenvalue weighted by Crippen LogP contribution is 2.29. The highest BCUT2D eigenvalue weighted by molar-refractivity contribution is 6.03. The molecule has 1 aromatic heterocycles. The van der Waals surface area contributed by atoms with Gasteiger partial charge in [-0.3, -0.25) is 14.6 Å². The molecule has 2 amide bonds. The Hall–Kier alpha value is -3.87. The standard InChI is InChI=1S/C26H29N3O4/c1-3-32-23-13-11-19(16-24(23)33-4-2)12-14-25(30)29-22-10-6-5-9-21(22)26(31)28-18-20-8-7-15-27-17-20/h5-11,13,15-17H,3-4,12,14,18H2,1-2H3,(H,28,31)(H,29,30). The number of pyridine rings is 1. The van der Waals surface area contributed by atoms with E-state index in [0.717, 1.165) is 11.1 Å². The molecule has 2 aromatic carbocycles. The third-order valence-corrected chi connectivity index (χ3v) is 4.87. The first-order valence-electron chi connectivity index (χ1n) is 11.0. The van der Waals surface area contributed by atoms with Crippen LogP contribution >= 0.6 is 0 Å². The SMILES string of the molecule is CCOc1ccc(CCC(=O)Nc2ccccc2C(=O)NCc2cccnc2)cc1OCC. The van der Waals surface area contributed by atoms with Gasteiger partial charge in [-0.1, -0.05) is 24.3 Å². The highest BCUT2D eigenvalue weighted by Gasteiger charge is 2.14. The van der Waals surface area contributed by atoms with Gasteiger partial charge in [-0.25, -0.2) is 0 Å². The van der Waals surface area contributed by atoms with Crippen molar-refractivity contribution in [3.05, 3.63) is 83.7 Å². The minimum atomic E-state index is -0.261. The van der Waals surface area contributed by atoms with Crippen LogP contribution in [-0.4, -0.2) is 30.0 Å². The lowest BCUT2D eigenvalue weighted by atomic mass is 10.1. The Morgan fingerprint density at radius 1 is 0.909 bits per heavy atom. The van der Waals surface area contributed by atoms with E-state index >= 15 is 0 Å². The van der Waals surface area contributed by atoms with Gasteiger partial charge in [0, 0.05) is 25.4 Å². The zero-order valence-electron chi connectivity index (χ0n) is 19.0. The molecule has 7 nitrogen and oxygen atoms in total. The maximum Gasteiger partial charge on any atom is 0.253 e. The monoisotopic (exact) mass is 447 g/mol. The summed E-state index contributed by atoms with van der Waals surface area (Å²) in [5.74, 6) is 0.934. The summed E-state index contributed by atoms with van der Waals surface area (Å²) in [7, 11) is 0. The number of rotatable bonds is 11. The molecule has 0 radical (unpaired) electrons. The molecule has 0 saturated heterocycles. The van der Waals surface area contributed by atoms with E-state index in [-0.39, 0.29) is 18.2 Å². The number of nitrogens with one attached hydrogen (secondary N) is 2. The smallest absolute Gasteiger partial charge is 0.253 e. The van der Waals surface area contributed by atoms with E-state index in [9.17, 15) is 9.59 Å². The summed E-state index contributed by atoms with van der Waals surface area (Å²) in [5, 5.41) is 5.73. The van der Waals surface area contributed by atoms with E-state index in [1.807, 2.05) is 44.2 Å². The van der Waals surface area contributed by atoms with Crippen molar-refractivity contribution >= 4 is 17.5 Å². The highest BCUT2D eigenvalue weighted by atomic mass is 16.5. The molecule has 33 heavy (non-hydrogen) atoms. The Balaban J connectivity index is 1.59. The number of hydrogen-bond acceptors (Lipinski definition) is 5. The van der Waals surface area contributed by atoms with E-state index in [4.69, 9.17) is 9.47 Å². The summed E-state index contributed by atoms with van der Waals surface area (Å²) in [4.78, 5) is 29.3. The average molecular weight is 448 g/mol. The molecule has 0 bridgehead atoms. The Bertz CT molecular complexity index is 1070. The third kappa shape index (κ3) is 7.07. The first-order chi connectivity index (χ1) is 16.1. The Morgan fingerprint density at radius 3 is 2.45 bits per heavy atom. The molecule has 2 N–H and O–H groups in total. The van der Waals surface area contributed by atoms with Gasteiger partial charge >= 0.3 is 0 Å². The predicted molar refractivity (Wildman–Crippen MR) is 128 cm³/mol. The summed E-state index contributed by atoms with van der Waals surface area (Å²) < 4.78 is 11.2. The minimum absolute atomic E-state index is 0.172. The van der Waals surface area contributed by atoms with Gasteiger partial charge in [0.2, 0.25) is 5.91 Å². The van der Waals surface area contributed by atoms with E-state index < -0.39 is 0 Å². The molecule has 7 heteroatoms. The molecule has 0 aliphatic carbocycles. The van der Waals surface area contributed by atoms with Crippen LogP contribution in [0.15, 0.2) is 67.0 Å². The Morgan fingerprint density at radius 2 is 1.70 bits per heavy atom. The number of aromatic nitrogens is 1. The molecule has 172 valence electrons. The molecule has 1 heterocycles. The summed E-state index contributed by atoms with van der Waals surface area (Å²) in [5.41, 5.74) is 2.76. The molecule has 0 atom stereocenters. The number of ether oxygens (including phenoxy) is 2. The number of nitrogens with zero attached hydrogens (tertiary/aromatic N) is 1. The topological polar surface area (TPSA) is 89.5 Å². The molecule has 0 spiro atoms. The molecule has 3 aromatic rings. The second-order valence-corrected chi connectivity index (χ2v) is 7.28. The van der Waals surface area contributed by atoms with Crippen molar-refractivity contribution in [2.75, 3.05) is 18.5 Å². The average Bonchev–Trinajstić information content (AvgIpc) is 2.84. The van der Waals surface area contributed by atoms with Crippen molar-refractivity contribution in [3.8, 4) is 11.5 Å². The van der Waals surface area contributed by atoms with E-state index in [2.05, 4.69) is 15.6 Å². The van der Waals surface area contributed by atoms with E-state index in [0.29, 0.717) is 48.9 Å². The van der Waals surface area contributed by atoms with Crippen LogP contribution in [0.25, 0.3) is 0 Å². The number of hydrogen-bond donors (Lipinski definition) is 2. The van der Waals surface area contributed by atoms with Crippen LogP contribution < -0.4 is 20.1 Å². The summed E-state index contributed by atoms with van der Waals surface area (Å²) >= 11 is 0. The van der Waals surface area contributed by atoms with Crippen molar-refractivity contribution in [1.82, 2.24) is 10.3 Å². The van der Waals surface area contributed by atoms with Gasteiger partial charge in [0.15, 0.2) is 11.5 Å². The van der Waals surface area contributed by atoms with Crippen molar-refractivity contribution in [3.63, 3.8) is 0 Å². The van der Waals surface area contributed by atoms with Crippen LogP contribution in [-0.2, 0) is 17.8 Å². The Labute approximate surface area is 194 Å². The minimum Gasteiger partial charge on any atom is -0.490 e. The molecule has 0 fully saturated rings. The molecule has 0 unspecified atom stereocenters. The number of amides is 2. The van der Waals surface area contributed by atoms with Crippen molar-refractivity contribution in [1.29, 1.82) is 0 Å². The number of carbonyl (C=O) groups excluding carboxylic acids is 2. The van der Waals surface area contributed by atoms with Crippen LogP contribution in [0.4, 0.5) is 5.69 Å². The lowest BCUT2D eigenvalue weighted by Crippen LogP contribution is -2.25. The Kier molecular flexibility index (Phi) is 8.82. The molecule has 0 aliphatic rings. The molecule has 0 saturated carbocycles. The van der Waals surface area contributed by atoms with Gasteiger partial charge in [-0.2, -0.15) is 0 Å². The second kappa shape index (κ2) is 12.2. The van der Waals surface area contributed by atoms with Gasteiger partial charge < -0.3 is 20.1 Å². The fourth-order valence-corrected chi connectivity index (χ4v) is 3.29. The van der Waals surface area contributed by atoms with Crippen LogP contribution in [0.5, 0.6) is 11.5 Å². The third-order valence-electron chi connectivity index (χ3n) is 4.87. The molecular formula is C26H29N3O4. The van der Waals surface area contributed by atoms with Crippen LogP contribution in [0.1, 0.15) is 41.8 Å². The number of carbonyl (C=O) groups is 2. The maximum atomic E-state index is 12.7. The first kappa shape index (κ1) is 23.8. The normalized spacial score (nSPS) is 10.4. The fourth-order valence-electron chi connectivity index (χ4n) is 3.29. The van der Waals surface area contributed by atoms with Crippen molar-refractivity contribution in [2.24, 2.45) is 0 Å². The molecule has 3 rings (SSSR count). The summed E-state index contributed by atoms with van der Waals surface area (Å²) in [6, 6.07) is 16.4. The zero-order chi connectivity index (χ0) is 23.5. The van der Waals surface area contributed by atoms with Gasteiger partial charge in [0.05, 0.1) is 24.5 Å². The van der Waals surface area contributed by atoms with Crippen LogP contribution in [0.2, 0.25) is 0 Å². The molecule has 0 aliphatic heterocycles. The summed E-state index contributed by atoms with van der Waals surface area (Å²) in [6.45, 7) is 5.28. The quantitative estimate of drug-likeness (QED) is 0.455. The van der Waals surface area contributed by atoms with Crippen molar-refractivity contribution < 1.29 is 19.1 Å². The fraction of sp³-hybridized carbons (Fsp3) is 0.269. The lowest BCUT2D eigenvalue weighted by molar-refractivity contribution is -0.116. The maximum absolute atomic E-state index is 12.7. The van der Waals surface area contributed by atoms with Crippen LogP contribution in [0, 0.1) is 0 Å². The number of aryl methyl sites for hydroxylation is 1. The van der Waals surface area contributed by atoms with Gasteiger partial charge in [-0.15, -0.1) is 0 Å². The zero-order valence-corrected chi connectivity index (χ0v) is 19.0. The lowest BCUT2D eigenvalue weighted by Gasteiger charge is -2.13. The summed E-state index contributed by atoms with van der Waals surface area (Å²) in [6.07, 6.45) is 4.19. The van der Waals surface area contributed by atoms with E-state index in [1.54, 1.807) is 36.7 Å². The predicted octanol–water partition coefficient (Wildman–Crippen LogP) is 4.38.